The smallest absolute Gasteiger partial charge is 0.127 e. The van der Waals surface area contributed by atoms with Gasteiger partial charge in [0.05, 0.1) is 18.3 Å². The Morgan fingerprint density at radius 3 is 2.93 bits per heavy atom. The third-order valence-electron chi connectivity index (χ3n) is 4.48. The summed E-state index contributed by atoms with van der Waals surface area (Å²) in [6.45, 7) is 7.90. The topological polar surface area (TPSA) is 81.2 Å². The molecule has 6 nitrogen and oxygen atoms in total. The summed E-state index contributed by atoms with van der Waals surface area (Å²) < 4.78 is 0. The maximum absolute atomic E-state index is 4.71. The molecule has 0 bridgehead atoms. The number of amidine groups is 1. The van der Waals surface area contributed by atoms with Crippen LogP contribution in [0.15, 0.2) is 77.6 Å². The van der Waals surface area contributed by atoms with Gasteiger partial charge in [0.25, 0.3) is 0 Å². The molecule has 2 heterocycles. The van der Waals surface area contributed by atoms with Gasteiger partial charge >= 0.3 is 0 Å². The lowest BCUT2D eigenvalue weighted by Gasteiger charge is -2.07. The van der Waals surface area contributed by atoms with Crippen LogP contribution in [0.5, 0.6) is 0 Å². The number of fused-ring (bicyclic) bond motifs is 2. The van der Waals surface area contributed by atoms with Crippen molar-refractivity contribution in [2.24, 2.45) is 9.98 Å². The van der Waals surface area contributed by atoms with E-state index < -0.39 is 0 Å². The Morgan fingerprint density at radius 2 is 2.07 bits per heavy atom. The molecular weight excluding hydrogens is 348 g/mol. The number of hydrogen-bond acceptors (Lipinski definition) is 3. The number of aromatic nitrogens is 3. The van der Waals surface area contributed by atoms with Crippen molar-refractivity contribution < 1.29 is 0 Å². The zero-order chi connectivity index (χ0) is 19.3. The maximum Gasteiger partial charge on any atom is 0.127 e. The Hall–Kier alpha value is -3.93. The van der Waals surface area contributed by atoms with E-state index in [1.165, 1.54) is 0 Å². The van der Waals surface area contributed by atoms with Crippen molar-refractivity contribution in [1.82, 2.24) is 15.2 Å². The van der Waals surface area contributed by atoms with Crippen molar-refractivity contribution in [3.05, 3.63) is 78.8 Å². The molecule has 0 spiro atoms. The first-order valence-electron chi connectivity index (χ1n) is 8.86. The van der Waals surface area contributed by atoms with Crippen LogP contribution in [0.3, 0.4) is 0 Å². The molecule has 2 aromatic heterocycles. The predicted octanol–water partition coefficient (Wildman–Crippen LogP) is 4.91. The number of benzene rings is 2. The number of H-pyrrole nitrogens is 2. The van der Waals surface area contributed by atoms with Gasteiger partial charge in [0.2, 0.25) is 0 Å². The molecule has 0 radical (unpaired) electrons. The highest BCUT2D eigenvalue weighted by molar-refractivity contribution is 6.04. The van der Waals surface area contributed by atoms with Crippen LogP contribution in [0.25, 0.3) is 27.9 Å². The number of anilines is 1. The van der Waals surface area contributed by atoms with Crippen LogP contribution in [-0.4, -0.2) is 27.7 Å². The summed E-state index contributed by atoms with van der Waals surface area (Å²) in [5.74, 6) is 0.702. The molecule has 6 heteroatoms. The average Bonchev–Trinajstić information content (AvgIpc) is 3.35. The van der Waals surface area contributed by atoms with Crippen molar-refractivity contribution in [3.63, 3.8) is 0 Å². The van der Waals surface area contributed by atoms with Crippen molar-refractivity contribution in [1.29, 1.82) is 0 Å². The van der Waals surface area contributed by atoms with Crippen molar-refractivity contribution in [2.75, 3.05) is 5.32 Å². The second-order valence-electron chi connectivity index (χ2n) is 6.32. The minimum atomic E-state index is 0.537. The van der Waals surface area contributed by atoms with E-state index in [4.69, 9.17) is 4.99 Å². The van der Waals surface area contributed by atoms with Crippen LogP contribution in [0.2, 0.25) is 0 Å². The van der Waals surface area contributed by atoms with Gasteiger partial charge in [-0.25, -0.2) is 0 Å². The van der Waals surface area contributed by atoms with Crippen molar-refractivity contribution in [3.8, 4) is 0 Å². The molecule has 4 aromatic rings. The third-order valence-corrected chi connectivity index (χ3v) is 4.48. The number of nitrogens with one attached hydrogen (secondary N) is 3. The Kier molecular flexibility index (Phi) is 4.84. The minimum absolute atomic E-state index is 0.537. The number of nitrogens with zero attached hydrogens (tertiary/aromatic N) is 3. The number of aliphatic imine (C=N–C) groups is 2. The lowest BCUT2D eigenvalue weighted by molar-refractivity contribution is 1.07. The fraction of sp³-hybridized carbons (Fsp3) is 0.0455. The molecule has 0 saturated carbocycles. The first-order chi connectivity index (χ1) is 13.8. The lowest BCUT2D eigenvalue weighted by atomic mass is 10.1. The van der Waals surface area contributed by atoms with Gasteiger partial charge in [0.1, 0.15) is 5.84 Å². The highest BCUT2D eigenvalue weighted by Gasteiger charge is 2.04. The van der Waals surface area contributed by atoms with Crippen LogP contribution in [0.1, 0.15) is 11.1 Å². The summed E-state index contributed by atoms with van der Waals surface area (Å²) >= 11 is 0. The fourth-order valence-electron chi connectivity index (χ4n) is 3.06. The quantitative estimate of drug-likeness (QED) is 0.334. The average molecular weight is 368 g/mol. The second-order valence-corrected chi connectivity index (χ2v) is 6.32. The molecule has 138 valence electrons. The summed E-state index contributed by atoms with van der Waals surface area (Å²) in [7, 11) is 0. The number of rotatable bonds is 6. The van der Waals surface area contributed by atoms with E-state index in [0.29, 0.717) is 12.4 Å². The van der Waals surface area contributed by atoms with E-state index in [1.54, 1.807) is 18.5 Å². The minimum Gasteiger partial charge on any atom is -0.361 e. The molecule has 4 rings (SSSR count). The normalized spacial score (nSPS) is 12.1. The largest absolute Gasteiger partial charge is 0.361 e. The van der Waals surface area contributed by atoms with E-state index in [-0.39, 0.29) is 0 Å². The van der Waals surface area contributed by atoms with Gasteiger partial charge in [-0.3, -0.25) is 15.1 Å². The van der Waals surface area contributed by atoms with Gasteiger partial charge in [-0.15, -0.1) is 0 Å². The highest BCUT2D eigenvalue weighted by atomic mass is 15.1. The molecule has 0 saturated heterocycles. The molecule has 0 amide bonds. The standard InChI is InChI=1S/C22H20N6/c1-3-16-13-24-21-6-4-15(10-19(16)21)12-25-22(8-9-23-2)27-18-5-7-20-17(11-18)14-26-28-20/h3-11,13-14,24H,1-2,12H2,(H,25,27)(H,26,28)/b9-8-. The van der Waals surface area contributed by atoms with E-state index in [0.717, 1.165) is 38.6 Å². The van der Waals surface area contributed by atoms with Crippen LogP contribution in [0, 0.1) is 0 Å². The van der Waals surface area contributed by atoms with E-state index in [9.17, 15) is 0 Å². The SMILES string of the molecule is C=Cc1c[nH]c2ccc(CN=C(/C=C\N=C)Nc3ccc4[nH]ncc4c3)cc12. The van der Waals surface area contributed by atoms with Gasteiger partial charge in [-0.05, 0) is 54.3 Å². The first-order valence-corrected chi connectivity index (χ1v) is 8.86. The zero-order valence-electron chi connectivity index (χ0n) is 15.3. The molecule has 0 aliphatic rings. The molecule has 0 aliphatic carbocycles. The molecule has 3 N–H and O–H groups in total. The van der Waals surface area contributed by atoms with Crippen LogP contribution >= 0.6 is 0 Å². The Morgan fingerprint density at radius 1 is 1.18 bits per heavy atom. The zero-order valence-corrected chi connectivity index (χ0v) is 15.3. The number of aromatic amines is 2. The monoisotopic (exact) mass is 368 g/mol. The highest BCUT2D eigenvalue weighted by Crippen LogP contribution is 2.21. The predicted molar refractivity (Wildman–Crippen MR) is 118 cm³/mol. The van der Waals surface area contributed by atoms with Gasteiger partial charge in [-0.2, -0.15) is 5.10 Å². The molecule has 2 aromatic carbocycles. The summed E-state index contributed by atoms with van der Waals surface area (Å²) in [4.78, 5) is 11.7. The van der Waals surface area contributed by atoms with Crippen LogP contribution < -0.4 is 5.32 Å². The van der Waals surface area contributed by atoms with Gasteiger partial charge in [-0.1, -0.05) is 18.7 Å². The van der Waals surface area contributed by atoms with E-state index in [2.05, 4.69) is 57.0 Å². The Balaban J connectivity index is 1.59. The summed E-state index contributed by atoms with van der Waals surface area (Å²) in [5, 5.41) is 12.5. The van der Waals surface area contributed by atoms with Gasteiger partial charge in [0.15, 0.2) is 0 Å². The summed E-state index contributed by atoms with van der Waals surface area (Å²) in [6.07, 6.45) is 9.03. The lowest BCUT2D eigenvalue weighted by Crippen LogP contribution is -2.09. The molecule has 0 unspecified atom stereocenters. The number of hydrogen-bond donors (Lipinski definition) is 3. The molecule has 0 fully saturated rings. The van der Waals surface area contributed by atoms with Crippen LogP contribution in [-0.2, 0) is 6.54 Å². The molecular formula is C22H20N6. The van der Waals surface area contributed by atoms with Gasteiger partial charge in [0, 0.05) is 34.4 Å². The van der Waals surface area contributed by atoms with Crippen LogP contribution in [0.4, 0.5) is 5.69 Å². The molecule has 0 aliphatic heterocycles. The molecule has 28 heavy (non-hydrogen) atoms. The molecule has 0 atom stereocenters. The second kappa shape index (κ2) is 7.75. The maximum atomic E-state index is 4.71. The summed E-state index contributed by atoms with van der Waals surface area (Å²) in [6, 6.07) is 12.2. The fourth-order valence-corrected chi connectivity index (χ4v) is 3.06. The summed E-state index contributed by atoms with van der Waals surface area (Å²) in [5.41, 5.74) is 5.20. The Bertz CT molecular complexity index is 1210. The third kappa shape index (κ3) is 3.61. The van der Waals surface area contributed by atoms with Crippen molar-refractivity contribution >= 4 is 46.1 Å². The first kappa shape index (κ1) is 17.5. The van der Waals surface area contributed by atoms with Gasteiger partial charge < -0.3 is 10.3 Å². The van der Waals surface area contributed by atoms with Crippen molar-refractivity contribution in [2.45, 2.75) is 6.54 Å². The van der Waals surface area contributed by atoms with E-state index >= 15 is 0 Å². The van der Waals surface area contributed by atoms with E-state index in [1.807, 2.05) is 30.5 Å². The Labute approximate surface area is 162 Å².